The van der Waals surface area contributed by atoms with Crippen LogP contribution in [0.2, 0.25) is 0 Å². The zero-order valence-electron chi connectivity index (χ0n) is 16.5. The maximum absolute atomic E-state index is 15.0. The fraction of sp³-hybridized carbons (Fsp3) is 0.450. The van der Waals surface area contributed by atoms with Gasteiger partial charge >= 0.3 is 6.09 Å². The van der Waals surface area contributed by atoms with E-state index in [0.29, 0.717) is 36.3 Å². The molecule has 9 heteroatoms. The van der Waals surface area contributed by atoms with Gasteiger partial charge in [0, 0.05) is 24.6 Å². The number of nitrogens with zero attached hydrogens (tertiary/aromatic N) is 1. The predicted octanol–water partition coefficient (Wildman–Crippen LogP) is 1.38. The first kappa shape index (κ1) is 20.8. The quantitative estimate of drug-likeness (QED) is 0.665. The number of cyclic esters (lactones) is 1. The van der Waals surface area contributed by atoms with Crippen molar-refractivity contribution in [3.8, 4) is 0 Å². The van der Waals surface area contributed by atoms with Gasteiger partial charge in [0.15, 0.2) is 0 Å². The van der Waals surface area contributed by atoms with E-state index in [-0.39, 0.29) is 24.9 Å². The minimum Gasteiger partial charge on any atom is -0.442 e. The van der Waals surface area contributed by atoms with Crippen molar-refractivity contribution >= 4 is 23.6 Å². The highest BCUT2D eigenvalue weighted by Gasteiger charge is 2.33. The second kappa shape index (κ2) is 9.04. The van der Waals surface area contributed by atoms with Crippen molar-refractivity contribution in [2.24, 2.45) is 0 Å². The summed E-state index contributed by atoms with van der Waals surface area (Å²) < 4.78 is 20.2. The molecule has 3 N–H and O–H groups in total. The molecular formula is C20H25FN4O4. The van der Waals surface area contributed by atoms with Gasteiger partial charge in [0.1, 0.15) is 11.9 Å². The zero-order valence-corrected chi connectivity index (χ0v) is 16.5. The average Bonchev–Trinajstić information content (AvgIpc) is 3.07. The van der Waals surface area contributed by atoms with E-state index < -0.39 is 24.1 Å². The molecule has 8 nitrogen and oxygen atoms in total. The molecule has 0 aromatic heterocycles. The highest BCUT2D eigenvalue weighted by atomic mass is 19.1. The fourth-order valence-electron chi connectivity index (χ4n) is 3.46. The monoisotopic (exact) mass is 404 g/mol. The Hall–Kier alpha value is -2.94. The first-order chi connectivity index (χ1) is 13.9. The first-order valence-electron chi connectivity index (χ1n) is 9.64. The molecule has 2 aliphatic rings. The van der Waals surface area contributed by atoms with Crippen molar-refractivity contribution in [1.29, 1.82) is 0 Å². The van der Waals surface area contributed by atoms with Crippen molar-refractivity contribution in [2.45, 2.75) is 32.4 Å². The van der Waals surface area contributed by atoms with Crippen molar-refractivity contribution < 1.29 is 23.5 Å². The highest BCUT2D eigenvalue weighted by molar-refractivity contribution is 5.95. The van der Waals surface area contributed by atoms with E-state index in [2.05, 4.69) is 16.0 Å². The van der Waals surface area contributed by atoms with Gasteiger partial charge in [-0.2, -0.15) is 0 Å². The van der Waals surface area contributed by atoms with E-state index in [1.54, 1.807) is 12.1 Å². The Balaban J connectivity index is 1.77. The Morgan fingerprint density at radius 3 is 2.83 bits per heavy atom. The van der Waals surface area contributed by atoms with E-state index >= 15 is 0 Å². The molecule has 2 heterocycles. The number of carbonyl (C=O) groups excluding carboxylic acids is 3. The predicted molar refractivity (Wildman–Crippen MR) is 105 cm³/mol. The minimum absolute atomic E-state index is 0.199. The second-order valence-corrected chi connectivity index (χ2v) is 6.95. The van der Waals surface area contributed by atoms with Crippen LogP contribution in [0.4, 0.5) is 14.9 Å². The molecule has 0 radical (unpaired) electrons. The van der Waals surface area contributed by atoms with Gasteiger partial charge in [0.2, 0.25) is 11.8 Å². The normalized spacial score (nSPS) is 21.4. The summed E-state index contributed by atoms with van der Waals surface area (Å²) >= 11 is 0. The number of halogens is 1. The highest BCUT2D eigenvalue weighted by Crippen LogP contribution is 2.31. The van der Waals surface area contributed by atoms with Gasteiger partial charge in [-0.1, -0.05) is 12.1 Å². The molecule has 0 bridgehead atoms. The van der Waals surface area contributed by atoms with Gasteiger partial charge in [-0.15, -0.1) is 0 Å². The van der Waals surface area contributed by atoms with E-state index in [1.807, 2.05) is 13.0 Å². The molecule has 0 spiro atoms. The second-order valence-electron chi connectivity index (χ2n) is 6.95. The summed E-state index contributed by atoms with van der Waals surface area (Å²) in [6.07, 6.45) is 1.43. The smallest absolute Gasteiger partial charge is 0.414 e. The number of hydrogen-bond donors (Lipinski definition) is 3. The van der Waals surface area contributed by atoms with Crippen LogP contribution in [-0.4, -0.2) is 50.2 Å². The Morgan fingerprint density at radius 2 is 2.14 bits per heavy atom. The number of anilines is 1. The molecule has 156 valence electrons. The summed E-state index contributed by atoms with van der Waals surface area (Å²) in [6.45, 7) is 4.74. The summed E-state index contributed by atoms with van der Waals surface area (Å²) in [5, 5.41) is 8.54. The molecule has 3 rings (SSSR count). The Morgan fingerprint density at radius 1 is 1.34 bits per heavy atom. The van der Waals surface area contributed by atoms with Crippen LogP contribution in [0.25, 0.3) is 0 Å². The molecule has 1 unspecified atom stereocenters. The molecule has 0 aliphatic carbocycles. The molecule has 0 saturated carbocycles. The topological polar surface area (TPSA) is 99.8 Å². The van der Waals surface area contributed by atoms with E-state index in [9.17, 15) is 18.8 Å². The summed E-state index contributed by atoms with van der Waals surface area (Å²) in [5.41, 5.74) is 1.19. The molecule has 29 heavy (non-hydrogen) atoms. The van der Waals surface area contributed by atoms with E-state index in [0.717, 1.165) is 0 Å². The Labute approximate surface area is 168 Å². The van der Waals surface area contributed by atoms with Crippen molar-refractivity contribution in [1.82, 2.24) is 16.0 Å². The van der Waals surface area contributed by atoms with Crippen molar-refractivity contribution in [3.05, 3.63) is 41.2 Å². The van der Waals surface area contributed by atoms with Crippen LogP contribution < -0.4 is 20.9 Å². The summed E-state index contributed by atoms with van der Waals surface area (Å²) in [7, 11) is 0. The van der Waals surface area contributed by atoms with Crippen LogP contribution in [0.5, 0.6) is 0 Å². The average molecular weight is 404 g/mol. The zero-order chi connectivity index (χ0) is 21.0. The lowest BCUT2D eigenvalue weighted by molar-refractivity contribution is -0.119. The SMILES string of the molecule is CCNC(=O)C1=CCCNC1c1ccc(N2C[C@H](CNC(C)=O)OC2=O)cc1F. The van der Waals surface area contributed by atoms with Gasteiger partial charge in [-0.3, -0.25) is 14.5 Å². The van der Waals surface area contributed by atoms with Gasteiger partial charge in [0.05, 0.1) is 24.8 Å². The number of carbonyl (C=O) groups is 3. The number of amides is 3. The minimum atomic E-state index is -0.591. The number of likely N-dealkylation sites (N-methyl/N-ethyl adjacent to an activating group) is 1. The molecular weight excluding hydrogens is 379 g/mol. The first-order valence-corrected chi connectivity index (χ1v) is 9.64. The third-order valence-corrected chi connectivity index (χ3v) is 4.83. The lowest BCUT2D eigenvalue weighted by Crippen LogP contribution is -2.36. The van der Waals surface area contributed by atoms with Crippen molar-refractivity contribution in [3.63, 3.8) is 0 Å². The maximum Gasteiger partial charge on any atom is 0.414 e. The van der Waals surface area contributed by atoms with Gasteiger partial charge in [0.25, 0.3) is 0 Å². The number of hydrogen-bond acceptors (Lipinski definition) is 5. The molecule has 1 fully saturated rings. The number of rotatable bonds is 6. The number of ether oxygens (including phenoxy) is 1. The molecule has 1 aromatic carbocycles. The Kier molecular flexibility index (Phi) is 6.48. The maximum atomic E-state index is 15.0. The van der Waals surface area contributed by atoms with Crippen LogP contribution in [0.3, 0.4) is 0 Å². The van der Waals surface area contributed by atoms with Crippen LogP contribution in [0.15, 0.2) is 29.8 Å². The standard InChI is InChI=1S/C20H25FN4O4/c1-3-22-19(27)16-5-4-8-23-18(16)15-7-6-13(9-17(15)21)25-11-14(29-20(25)28)10-24-12(2)26/h5-7,9,14,18,23H,3-4,8,10-11H2,1-2H3,(H,22,27)(H,24,26)/t14-,18?/m0/s1. The summed E-state index contributed by atoms with van der Waals surface area (Å²) in [6, 6.07) is 3.92. The number of benzene rings is 1. The van der Waals surface area contributed by atoms with Crippen LogP contribution in [-0.2, 0) is 14.3 Å². The summed E-state index contributed by atoms with van der Waals surface area (Å²) in [5.74, 6) is -0.960. The fourth-order valence-corrected chi connectivity index (χ4v) is 3.46. The molecule has 3 amide bonds. The number of nitrogens with one attached hydrogen (secondary N) is 3. The molecule has 2 atom stereocenters. The molecule has 2 aliphatic heterocycles. The summed E-state index contributed by atoms with van der Waals surface area (Å²) in [4.78, 5) is 36.8. The third-order valence-electron chi connectivity index (χ3n) is 4.83. The lowest BCUT2D eigenvalue weighted by Gasteiger charge is -2.26. The largest absolute Gasteiger partial charge is 0.442 e. The lowest BCUT2D eigenvalue weighted by atomic mass is 9.93. The van der Waals surface area contributed by atoms with Crippen LogP contribution in [0.1, 0.15) is 31.9 Å². The van der Waals surface area contributed by atoms with Gasteiger partial charge in [-0.05, 0) is 32.0 Å². The van der Waals surface area contributed by atoms with Gasteiger partial charge in [-0.25, -0.2) is 9.18 Å². The molecule has 1 saturated heterocycles. The Bertz CT molecular complexity index is 842. The van der Waals surface area contributed by atoms with Crippen LogP contribution in [0, 0.1) is 5.82 Å². The van der Waals surface area contributed by atoms with Crippen LogP contribution >= 0.6 is 0 Å². The van der Waals surface area contributed by atoms with E-state index in [4.69, 9.17) is 4.74 Å². The van der Waals surface area contributed by atoms with Gasteiger partial charge < -0.3 is 20.7 Å². The third kappa shape index (κ3) is 4.73. The van der Waals surface area contributed by atoms with E-state index in [1.165, 1.54) is 17.9 Å². The molecule has 1 aromatic rings. The van der Waals surface area contributed by atoms with Crippen molar-refractivity contribution in [2.75, 3.05) is 31.1 Å².